The molecule has 2 fully saturated rings. The van der Waals surface area contributed by atoms with E-state index < -0.39 is 0 Å². The number of halogens is 1. The van der Waals surface area contributed by atoms with Crippen LogP contribution in [0.4, 0.5) is 0 Å². The molecule has 1 aromatic rings. The van der Waals surface area contributed by atoms with Crippen LogP contribution in [-0.2, 0) is 0 Å². The Bertz CT molecular complexity index is 473. The predicted molar refractivity (Wildman–Crippen MR) is 73.4 cm³/mol. The number of aromatic nitrogens is 2. The Morgan fingerprint density at radius 2 is 2.12 bits per heavy atom. The molecule has 0 N–H and O–H groups in total. The van der Waals surface area contributed by atoms with E-state index in [0.717, 1.165) is 28.4 Å². The van der Waals surface area contributed by atoms with Crippen LogP contribution in [0, 0.1) is 32.8 Å². The number of nitriles is 1. The van der Waals surface area contributed by atoms with Crippen molar-refractivity contribution in [2.45, 2.75) is 38.6 Å². The lowest BCUT2D eigenvalue weighted by Crippen LogP contribution is -2.09. The van der Waals surface area contributed by atoms with E-state index in [-0.39, 0.29) is 0 Å². The minimum absolute atomic E-state index is 0.316. The van der Waals surface area contributed by atoms with Gasteiger partial charge in [-0.15, -0.1) is 0 Å². The molecule has 1 aromatic heterocycles. The highest BCUT2D eigenvalue weighted by molar-refractivity contribution is 14.1. The molecule has 90 valence electrons. The second-order valence-electron chi connectivity index (χ2n) is 5.58. The van der Waals surface area contributed by atoms with E-state index in [1.807, 2.05) is 0 Å². The highest BCUT2D eigenvalue weighted by atomic mass is 127. The van der Waals surface area contributed by atoms with E-state index >= 15 is 0 Å². The summed E-state index contributed by atoms with van der Waals surface area (Å²) in [5.41, 5.74) is 1.40. The second-order valence-corrected chi connectivity index (χ2v) is 6.69. The summed E-state index contributed by atoms with van der Waals surface area (Å²) >= 11 is 2.29. The van der Waals surface area contributed by atoms with E-state index in [4.69, 9.17) is 5.26 Å². The molecule has 0 saturated heterocycles. The molecule has 0 radical (unpaired) electrons. The standard InChI is InChI=1S/C13H16IN3/c1-7(2)17-11(5-12(14)16-17)13-9-3-8(6-15)4-10(9)13/h5,7-10,13H,3-4H2,1-2H3/t8?,9-,10+,13+. The predicted octanol–water partition coefficient (Wildman–Crippen LogP) is 3.33. The van der Waals surface area contributed by atoms with E-state index in [9.17, 15) is 0 Å². The van der Waals surface area contributed by atoms with Gasteiger partial charge >= 0.3 is 0 Å². The van der Waals surface area contributed by atoms with Gasteiger partial charge in [0.05, 0.1) is 6.07 Å². The van der Waals surface area contributed by atoms with E-state index in [2.05, 4.69) is 58.4 Å². The number of rotatable bonds is 2. The average Bonchev–Trinajstić information content (AvgIpc) is 2.66. The molecule has 0 amide bonds. The van der Waals surface area contributed by atoms with E-state index in [1.165, 1.54) is 5.69 Å². The van der Waals surface area contributed by atoms with Crippen molar-refractivity contribution in [3.8, 4) is 6.07 Å². The molecule has 2 saturated carbocycles. The van der Waals surface area contributed by atoms with Crippen LogP contribution in [0.5, 0.6) is 0 Å². The minimum atomic E-state index is 0.316. The molecule has 0 aromatic carbocycles. The first-order valence-corrected chi connectivity index (χ1v) is 7.34. The van der Waals surface area contributed by atoms with Crippen LogP contribution in [0.3, 0.4) is 0 Å². The van der Waals surface area contributed by atoms with Crippen molar-refractivity contribution in [3.05, 3.63) is 15.5 Å². The Morgan fingerprint density at radius 1 is 1.47 bits per heavy atom. The largest absolute Gasteiger partial charge is 0.266 e. The van der Waals surface area contributed by atoms with Crippen LogP contribution in [-0.4, -0.2) is 9.78 Å². The SMILES string of the molecule is CC(C)n1nc(I)cc1[C@H]1[C@@H]2CC(C#N)C[C@@H]21. The molecule has 3 nitrogen and oxygen atoms in total. The fourth-order valence-electron chi connectivity index (χ4n) is 3.43. The van der Waals surface area contributed by atoms with Gasteiger partial charge in [0.15, 0.2) is 0 Å². The van der Waals surface area contributed by atoms with Crippen molar-refractivity contribution in [2.24, 2.45) is 17.8 Å². The summed E-state index contributed by atoms with van der Waals surface area (Å²) in [6.45, 7) is 4.37. The maximum Gasteiger partial charge on any atom is 0.123 e. The van der Waals surface area contributed by atoms with Gasteiger partial charge in [-0.05, 0) is 67.2 Å². The molecule has 2 aliphatic carbocycles. The number of fused-ring (bicyclic) bond motifs is 1. The molecule has 1 unspecified atom stereocenters. The van der Waals surface area contributed by atoms with Gasteiger partial charge in [-0.2, -0.15) is 10.4 Å². The Labute approximate surface area is 115 Å². The topological polar surface area (TPSA) is 41.6 Å². The molecule has 2 aliphatic rings. The third kappa shape index (κ3) is 1.79. The molecular formula is C13H16IN3. The third-order valence-electron chi connectivity index (χ3n) is 4.19. The monoisotopic (exact) mass is 341 g/mol. The summed E-state index contributed by atoms with van der Waals surface area (Å²) in [4.78, 5) is 0. The zero-order valence-electron chi connectivity index (χ0n) is 10.1. The lowest BCUT2D eigenvalue weighted by atomic mass is 10.00. The maximum atomic E-state index is 8.94. The first-order valence-electron chi connectivity index (χ1n) is 6.26. The quantitative estimate of drug-likeness (QED) is 0.775. The Balaban J connectivity index is 1.83. The van der Waals surface area contributed by atoms with Crippen molar-refractivity contribution in [2.75, 3.05) is 0 Å². The van der Waals surface area contributed by atoms with Crippen LogP contribution in [0.1, 0.15) is 44.3 Å². The van der Waals surface area contributed by atoms with Crippen molar-refractivity contribution in [1.82, 2.24) is 9.78 Å². The Kier molecular flexibility index (Phi) is 2.69. The van der Waals surface area contributed by atoms with Gasteiger partial charge in [0.25, 0.3) is 0 Å². The second kappa shape index (κ2) is 3.98. The zero-order valence-corrected chi connectivity index (χ0v) is 12.3. The van der Waals surface area contributed by atoms with Gasteiger partial charge in [0, 0.05) is 23.6 Å². The highest BCUT2D eigenvalue weighted by Crippen LogP contribution is 2.64. The summed E-state index contributed by atoms with van der Waals surface area (Å²) < 4.78 is 3.26. The lowest BCUT2D eigenvalue weighted by molar-refractivity contribution is 0.483. The fraction of sp³-hybridized carbons (Fsp3) is 0.692. The minimum Gasteiger partial charge on any atom is -0.266 e. The highest BCUT2D eigenvalue weighted by Gasteiger charge is 2.57. The zero-order chi connectivity index (χ0) is 12.2. The Morgan fingerprint density at radius 3 is 2.65 bits per heavy atom. The van der Waals surface area contributed by atoms with Crippen LogP contribution in [0.2, 0.25) is 0 Å². The summed E-state index contributed by atoms with van der Waals surface area (Å²) in [5.74, 6) is 2.50. The number of hydrogen-bond donors (Lipinski definition) is 0. The van der Waals surface area contributed by atoms with Crippen molar-refractivity contribution in [1.29, 1.82) is 5.26 Å². The molecule has 4 atom stereocenters. The summed E-state index contributed by atoms with van der Waals surface area (Å²) in [6.07, 6.45) is 2.21. The molecule has 1 heterocycles. The summed E-state index contributed by atoms with van der Waals surface area (Å²) in [6, 6.07) is 5.07. The fourth-order valence-corrected chi connectivity index (χ4v) is 3.98. The summed E-state index contributed by atoms with van der Waals surface area (Å²) in [7, 11) is 0. The van der Waals surface area contributed by atoms with Gasteiger partial charge in [-0.25, -0.2) is 0 Å². The number of hydrogen-bond acceptors (Lipinski definition) is 2. The molecule has 17 heavy (non-hydrogen) atoms. The molecule has 0 bridgehead atoms. The molecule has 3 rings (SSSR count). The van der Waals surface area contributed by atoms with Crippen LogP contribution < -0.4 is 0 Å². The van der Waals surface area contributed by atoms with Gasteiger partial charge in [0.1, 0.15) is 3.70 Å². The summed E-state index contributed by atoms with van der Waals surface area (Å²) in [5, 5.41) is 13.5. The van der Waals surface area contributed by atoms with E-state index in [1.54, 1.807) is 0 Å². The normalized spacial score (nSPS) is 34.8. The Hall–Kier alpha value is -0.570. The maximum absolute atomic E-state index is 8.94. The van der Waals surface area contributed by atoms with Crippen LogP contribution >= 0.6 is 22.6 Å². The van der Waals surface area contributed by atoms with E-state index in [0.29, 0.717) is 17.9 Å². The van der Waals surface area contributed by atoms with Crippen molar-refractivity contribution < 1.29 is 0 Å². The molecule has 0 aliphatic heterocycles. The molecule has 0 spiro atoms. The van der Waals surface area contributed by atoms with Crippen molar-refractivity contribution >= 4 is 22.6 Å². The van der Waals surface area contributed by atoms with Crippen LogP contribution in [0.15, 0.2) is 6.07 Å². The first kappa shape index (κ1) is 11.5. The third-order valence-corrected chi connectivity index (χ3v) is 4.72. The van der Waals surface area contributed by atoms with Gasteiger partial charge in [-0.3, -0.25) is 4.68 Å². The van der Waals surface area contributed by atoms with Crippen LogP contribution in [0.25, 0.3) is 0 Å². The van der Waals surface area contributed by atoms with Gasteiger partial charge in [-0.1, -0.05) is 0 Å². The molecular weight excluding hydrogens is 325 g/mol. The van der Waals surface area contributed by atoms with Gasteiger partial charge < -0.3 is 0 Å². The molecule has 4 heteroatoms. The lowest BCUT2D eigenvalue weighted by Gasteiger charge is -2.12. The smallest absolute Gasteiger partial charge is 0.123 e. The average molecular weight is 341 g/mol. The first-order chi connectivity index (χ1) is 8.11. The van der Waals surface area contributed by atoms with Gasteiger partial charge in [0.2, 0.25) is 0 Å². The van der Waals surface area contributed by atoms with Crippen molar-refractivity contribution in [3.63, 3.8) is 0 Å². The number of nitrogens with zero attached hydrogens (tertiary/aromatic N) is 3.